The van der Waals surface area contributed by atoms with Crippen LogP contribution in [0.2, 0.25) is 0 Å². The molecule has 1 aromatic carbocycles. The van der Waals surface area contributed by atoms with Crippen molar-refractivity contribution in [2.45, 2.75) is 0 Å². The van der Waals surface area contributed by atoms with Gasteiger partial charge in [0.05, 0.1) is 18.2 Å². The van der Waals surface area contributed by atoms with Crippen LogP contribution in [0, 0.1) is 5.21 Å². The summed E-state index contributed by atoms with van der Waals surface area (Å²) in [5, 5.41) is 11.0. The van der Waals surface area contributed by atoms with Gasteiger partial charge in [0.15, 0.2) is 12.0 Å². The standard InChI is InChI=1S/C13H12N2O3/c1-18-12-5-3-2-4-10(12)13(16)9-6-7-15(17)8-11(9)14/h2-8H,14H2,1H3. The summed E-state index contributed by atoms with van der Waals surface area (Å²) in [7, 11) is 1.49. The molecule has 5 nitrogen and oxygen atoms in total. The van der Waals surface area contributed by atoms with Gasteiger partial charge in [0, 0.05) is 6.07 Å². The Labute approximate surface area is 104 Å². The Kier molecular flexibility index (Phi) is 3.14. The van der Waals surface area contributed by atoms with Crippen LogP contribution in [-0.2, 0) is 0 Å². The number of ether oxygens (including phenoxy) is 1. The van der Waals surface area contributed by atoms with Gasteiger partial charge in [-0.2, -0.15) is 4.73 Å². The number of para-hydroxylation sites is 1. The summed E-state index contributed by atoms with van der Waals surface area (Å²) in [4.78, 5) is 12.3. The predicted molar refractivity (Wildman–Crippen MR) is 66.2 cm³/mol. The van der Waals surface area contributed by atoms with Crippen LogP contribution in [0.3, 0.4) is 0 Å². The molecule has 0 unspecified atom stereocenters. The Morgan fingerprint density at radius 3 is 2.67 bits per heavy atom. The largest absolute Gasteiger partial charge is 0.619 e. The fraction of sp³-hybridized carbons (Fsp3) is 0.0769. The zero-order valence-corrected chi connectivity index (χ0v) is 9.79. The number of carbonyl (C=O) groups is 1. The molecule has 92 valence electrons. The molecule has 0 atom stereocenters. The van der Waals surface area contributed by atoms with E-state index in [-0.39, 0.29) is 17.0 Å². The third-order valence-electron chi connectivity index (χ3n) is 2.56. The summed E-state index contributed by atoms with van der Waals surface area (Å²) in [5.74, 6) is 0.200. The van der Waals surface area contributed by atoms with E-state index in [1.54, 1.807) is 24.3 Å². The van der Waals surface area contributed by atoms with Crippen molar-refractivity contribution in [3.8, 4) is 5.75 Å². The van der Waals surface area contributed by atoms with Gasteiger partial charge in [-0.05, 0) is 12.1 Å². The maximum absolute atomic E-state index is 12.3. The highest BCUT2D eigenvalue weighted by atomic mass is 16.5. The lowest BCUT2D eigenvalue weighted by Gasteiger charge is -2.08. The Balaban J connectivity index is 2.48. The van der Waals surface area contributed by atoms with Gasteiger partial charge >= 0.3 is 0 Å². The topological polar surface area (TPSA) is 79.3 Å². The molecule has 0 aliphatic heterocycles. The summed E-state index contributed by atoms with van der Waals surface area (Å²) in [6.07, 6.45) is 2.39. The Morgan fingerprint density at radius 2 is 2.00 bits per heavy atom. The molecule has 0 fully saturated rings. The molecule has 2 aromatic rings. The molecule has 5 heteroatoms. The van der Waals surface area contributed by atoms with E-state index in [0.717, 1.165) is 6.20 Å². The number of ketones is 1. The van der Waals surface area contributed by atoms with Crippen LogP contribution in [0.25, 0.3) is 0 Å². The second-order valence-electron chi connectivity index (χ2n) is 3.70. The molecule has 0 aliphatic carbocycles. The SMILES string of the molecule is COc1ccccc1C(=O)c1cc[n+]([O-])cc1N. The van der Waals surface area contributed by atoms with Crippen LogP contribution in [0.5, 0.6) is 5.75 Å². The van der Waals surface area contributed by atoms with E-state index in [4.69, 9.17) is 10.5 Å². The van der Waals surface area contributed by atoms with Crippen LogP contribution < -0.4 is 15.2 Å². The summed E-state index contributed by atoms with van der Waals surface area (Å²) in [6.45, 7) is 0. The molecule has 2 rings (SSSR count). The lowest BCUT2D eigenvalue weighted by molar-refractivity contribution is -0.604. The van der Waals surface area contributed by atoms with E-state index in [0.29, 0.717) is 16.0 Å². The molecule has 18 heavy (non-hydrogen) atoms. The van der Waals surface area contributed by atoms with Gasteiger partial charge in [0.2, 0.25) is 6.20 Å². The van der Waals surface area contributed by atoms with Crippen molar-refractivity contribution in [2.24, 2.45) is 0 Å². The van der Waals surface area contributed by atoms with Crippen molar-refractivity contribution >= 4 is 11.5 Å². The molecule has 2 N–H and O–H groups in total. The van der Waals surface area contributed by atoms with Gasteiger partial charge < -0.3 is 15.7 Å². The molecular formula is C13H12N2O3. The molecule has 0 spiro atoms. The average molecular weight is 244 g/mol. The van der Waals surface area contributed by atoms with E-state index in [2.05, 4.69) is 0 Å². The third-order valence-corrected chi connectivity index (χ3v) is 2.56. The number of aromatic nitrogens is 1. The molecule has 0 aliphatic rings. The molecule has 0 radical (unpaired) electrons. The molecule has 0 amide bonds. The van der Waals surface area contributed by atoms with E-state index >= 15 is 0 Å². The number of benzene rings is 1. The minimum absolute atomic E-state index is 0.142. The number of anilines is 1. The zero-order valence-electron chi connectivity index (χ0n) is 9.79. The number of rotatable bonds is 3. The van der Waals surface area contributed by atoms with E-state index in [1.807, 2.05) is 0 Å². The second-order valence-corrected chi connectivity index (χ2v) is 3.70. The Hall–Kier alpha value is -2.56. The van der Waals surface area contributed by atoms with Gasteiger partial charge in [-0.3, -0.25) is 4.79 Å². The first-order chi connectivity index (χ1) is 8.63. The van der Waals surface area contributed by atoms with Crippen LogP contribution in [0.15, 0.2) is 42.7 Å². The van der Waals surface area contributed by atoms with Crippen LogP contribution in [0.1, 0.15) is 15.9 Å². The van der Waals surface area contributed by atoms with Crippen molar-refractivity contribution in [3.05, 3.63) is 59.1 Å². The quantitative estimate of drug-likeness (QED) is 0.499. The number of hydrogen-bond acceptors (Lipinski definition) is 4. The van der Waals surface area contributed by atoms with Crippen molar-refractivity contribution in [1.82, 2.24) is 0 Å². The molecule has 1 heterocycles. The van der Waals surface area contributed by atoms with Gasteiger partial charge in [0.1, 0.15) is 11.4 Å². The zero-order chi connectivity index (χ0) is 13.1. The fourth-order valence-corrected chi connectivity index (χ4v) is 1.68. The molecule has 0 saturated carbocycles. The summed E-state index contributed by atoms with van der Waals surface area (Å²) in [6, 6.07) is 8.26. The highest BCUT2D eigenvalue weighted by molar-refractivity contribution is 6.13. The van der Waals surface area contributed by atoms with Crippen molar-refractivity contribution < 1.29 is 14.3 Å². The first kappa shape index (κ1) is 11.9. The first-order valence-corrected chi connectivity index (χ1v) is 5.29. The maximum atomic E-state index is 12.3. The molecule has 0 saturated heterocycles. The lowest BCUT2D eigenvalue weighted by Crippen LogP contribution is -2.26. The van der Waals surface area contributed by atoms with Crippen molar-refractivity contribution in [3.63, 3.8) is 0 Å². The average Bonchev–Trinajstić information content (AvgIpc) is 2.38. The van der Waals surface area contributed by atoms with E-state index in [9.17, 15) is 10.0 Å². The molecular weight excluding hydrogens is 232 g/mol. The van der Waals surface area contributed by atoms with Crippen LogP contribution in [0.4, 0.5) is 5.69 Å². The Morgan fingerprint density at radius 1 is 1.28 bits per heavy atom. The van der Waals surface area contributed by atoms with Gasteiger partial charge in [0.25, 0.3) is 0 Å². The highest BCUT2D eigenvalue weighted by Gasteiger charge is 2.17. The summed E-state index contributed by atoms with van der Waals surface area (Å²) in [5.41, 5.74) is 6.51. The van der Waals surface area contributed by atoms with E-state index in [1.165, 1.54) is 19.4 Å². The summed E-state index contributed by atoms with van der Waals surface area (Å²) >= 11 is 0. The van der Waals surface area contributed by atoms with Crippen molar-refractivity contribution in [2.75, 3.05) is 12.8 Å². The molecule has 0 bridgehead atoms. The number of nitrogen functional groups attached to an aromatic ring is 1. The maximum Gasteiger partial charge on any atom is 0.204 e. The fourth-order valence-electron chi connectivity index (χ4n) is 1.68. The van der Waals surface area contributed by atoms with Gasteiger partial charge in [-0.1, -0.05) is 12.1 Å². The summed E-state index contributed by atoms with van der Waals surface area (Å²) < 4.78 is 5.67. The first-order valence-electron chi connectivity index (χ1n) is 5.29. The number of methoxy groups -OCH3 is 1. The minimum Gasteiger partial charge on any atom is -0.619 e. The predicted octanol–water partition coefficient (Wildman–Crippen LogP) is 1.14. The number of carbonyl (C=O) groups excluding carboxylic acids is 1. The second kappa shape index (κ2) is 4.75. The monoisotopic (exact) mass is 244 g/mol. The number of pyridine rings is 1. The molecule has 1 aromatic heterocycles. The number of hydrogen-bond donors (Lipinski definition) is 1. The smallest absolute Gasteiger partial charge is 0.204 e. The van der Waals surface area contributed by atoms with Crippen molar-refractivity contribution in [1.29, 1.82) is 0 Å². The van der Waals surface area contributed by atoms with E-state index < -0.39 is 0 Å². The van der Waals surface area contributed by atoms with Gasteiger partial charge in [-0.25, -0.2) is 0 Å². The number of nitrogens with two attached hydrogens (primary N) is 1. The highest BCUT2D eigenvalue weighted by Crippen LogP contribution is 2.22. The van der Waals surface area contributed by atoms with Crippen LogP contribution in [-0.4, -0.2) is 12.9 Å². The Bertz CT molecular complexity index is 597. The lowest BCUT2D eigenvalue weighted by atomic mass is 10.0. The normalized spacial score (nSPS) is 10.1. The third kappa shape index (κ3) is 2.10. The number of nitrogens with zero attached hydrogens (tertiary/aromatic N) is 1. The van der Waals surface area contributed by atoms with Crippen LogP contribution >= 0.6 is 0 Å². The van der Waals surface area contributed by atoms with Gasteiger partial charge in [-0.15, -0.1) is 0 Å². The minimum atomic E-state index is -0.273.